The summed E-state index contributed by atoms with van der Waals surface area (Å²) in [5, 5.41) is 4.86. The van der Waals surface area contributed by atoms with Crippen molar-refractivity contribution >= 4 is 5.69 Å². The first-order valence-electron chi connectivity index (χ1n) is 6.49. The van der Waals surface area contributed by atoms with E-state index in [4.69, 9.17) is 10.1 Å². The fourth-order valence-corrected chi connectivity index (χ4v) is 2.06. The zero-order valence-electron chi connectivity index (χ0n) is 13.0. The van der Waals surface area contributed by atoms with Crippen molar-refractivity contribution in [1.82, 2.24) is 0 Å². The van der Waals surface area contributed by atoms with Gasteiger partial charge in [-0.1, -0.05) is 51.1 Å². The maximum absolute atomic E-state index is 5.17. The van der Waals surface area contributed by atoms with Gasteiger partial charge in [-0.25, -0.2) is 0 Å². The van der Waals surface area contributed by atoms with Crippen LogP contribution in [0.4, 0.5) is 5.69 Å². The minimum atomic E-state index is 0. The summed E-state index contributed by atoms with van der Waals surface area (Å²) in [4.78, 5) is 0. The maximum Gasteiger partial charge on any atom is 1.00 e. The largest absolute Gasteiger partial charge is 1.00 e. The van der Waals surface area contributed by atoms with Gasteiger partial charge in [-0.15, -0.1) is 11.4 Å². The standard InChI is InChI=1S/C17H20NO.Li/c1-17(2,3)16(13-7-5-6-8-13)18-14-9-11-15(19-4)12-10-14;/h5-7,9-12,16H,1-4H3;/q-1;+1/t16-;/m0./s1. The predicted octanol–water partition coefficient (Wildman–Crippen LogP) is 1.77. The van der Waals surface area contributed by atoms with E-state index in [1.807, 2.05) is 36.4 Å². The van der Waals surface area contributed by atoms with E-state index < -0.39 is 0 Å². The third-order valence-electron chi connectivity index (χ3n) is 3.09. The van der Waals surface area contributed by atoms with E-state index in [-0.39, 0.29) is 30.3 Å². The number of rotatable bonds is 4. The second kappa shape index (κ2) is 6.91. The Morgan fingerprint density at radius 1 is 1.15 bits per heavy atom. The van der Waals surface area contributed by atoms with Crippen molar-refractivity contribution in [1.29, 1.82) is 0 Å². The molecular formula is C17H20LiNO. The van der Waals surface area contributed by atoms with E-state index >= 15 is 0 Å². The van der Waals surface area contributed by atoms with Crippen molar-refractivity contribution in [3.63, 3.8) is 0 Å². The molecule has 1 aliphatic rings. The first kappa shape index (κ1) is 16.7. The van der Waals surface area contributed by atoms with E-state index in [9.17, 15) is 0 Å². The van der Waals surface area contributed by atoms with Gasteiger partial charge in [-0.05, 0) is 29.2 Å². The topological polar surface area (TPSA) is 23.3 Å². The van der Waals surface area contributed by atoms with Crippen molar-refractivity contribution in [3.8, 4) is 5.75 Å². The zero-order valence-corrected chi connectivity index (χ0v) is 13.0. The SMILES string of the molecule is COc1ccc([N-][C@@H](C2=C=CC=C2)C(C)(C)C)cc1.[Li+]. The number of methoxy groups -OCH3 is 1. The van der Waals surface area contributed by atoms with Crippen LogP contribution >= 0.6 is 0 Å². The van der Waals surface area contributed by atoms with Crippen molar-refractivity contribution in [2.45, 2.75) is 26.8 Å². The van der Waals surface area contributed by atoms with Crippen molar-refractivity contribution < 1.29 is 23.6 Å². The molecule has 0 aromatic heterocycles. The third-order valence-corrected chi connectivity index (χ3v) is 3.09. The molecule has 0 bridgehead atoms. The maximum atomic E-state index is 5.17. The van der Waals surface area contributed by atoms with Crippen LogP contribution in [0.25, 0.3) is 5.32 Å². The minimum absolute atomic E-state index is 0. The van der Waals surface area contributed by atoms with E-state index in [0.717, 1.165) is 17.0 Å². The van der Waals surface area contributed by atoms with Crippen LogP contribution in [-0.4, -0.2) is 13.2 Å². The Labute approximate surface area is 133 Å². The molecule has 1 atom stereocenters. The van der Waals surface area contributed by atoms with Gasteiger partial charge in [0.15, 0.2) is 0 Å². The van der Waals surface area contributed by atoms with Crippen LogP contribution in [0, 0.1) is 5.41 Å². The number of ether oxygens (including phenoxy) is 1. The van der Waals surface area contributed by atoms with Crippen LogP contribution in [0.1, 0.15) is 20.8 Å². The van der Waals surface area contributed by atoms with Crippen LogP contribution < -0.4 is 23.6 Å². The Balaban J connectivity index is 0.00000200. The van der Waals surface area contributed by atoms with Crippen LogP contribution in [-0.2, 0) is 0 Å². The summed E-state index contributed by atoms with van der Waals surface area (Å²) in [5.74, 6) is 0.853. The van der Waals surface area contributed by atoms with Crippen LogP contribution in [0.2, 0.25) is 0 Å². The fourth-order valence-electron chi connectivity index (χ4n) is 2.06. The quantitative estimate of drug-likeness (QED) is 0.598. The Morgan fingerprint density at radius 2 is 1.80 bits per heavy atom. The molecule has 0 unspecified atom stereocenters. The van der Waals surface area contributed by atoms with Gasteiger partial charge in [-0.3, -0.25) is 0 Å². The van der Waals surface area contributed by atoms with Crippen LogP contribution in [0.5, 0.6) is 5.75 Å². The molecule has 0 saturated heterocycles. The Kier molecular flexibility index (Phi) is 5.78. The summed E-state index contributed by atoms with van der Waals surface area (Å²) in [6.07, 6.45) is 6.04. The monoisotopic (exact) mass is 261 g/mol. The second-order valence-corrected chi connectivity index (χ2v) is 5.72. The molecule has 3 heteroatoms. The minimum Gasteiger partial charge on any atom is -0.677 e. The van der Waals surface area contributed by atoms with E-state index in [1.54, 1.807) is 7.11 Å². The molecule has 20 heavy (non-hydrogen) atoms. The molecule has 100 valence electrons. The molecule has 0 spiro atoms. The molecule has 0 saturated carbocycles. The average molecular weight is 261 g/mol. The molecule has 0 radical (unpaired) electrons. The molecule has 0 heterocycles. The molecule has 0 amide bonds. The first-order valence-corrected chi connectivity index (χ1v) is 6.49. The van der Waals surface area contributed by atoms with Crippen LogP contribution in [0.3, 0.4) is 0 Å². The van der Waals surface area contributed by atoms with Gasteiger partial charge < -0.3 is 10.1 Å². The van der Waals surface area contributed by atoms with Gasteiger partial charge in [0.25, 0.3) is 0 Å². The number of benzene rings is 1. The van der Waals surface area contributed by atoms with Crippen molar-refractivity contribution in [3.05, 3.63) is 59.1 Å². The number of nitrogens with zero attached hydrogens (tertiary/aromatic N) is 1. The molecule has 0 aliphatic heterocycles. The van der Waals surface area contributed by atoms with Crippen LogP contribution in [0.15, 0.2) is 53.8 Å². The average Bonchev–Trinajstić information content (AvgIpc) is 2.88. The molecule has 1 aromatic carbocycles. The van der Waals surface area contributed by atoms with E-state index in [2.05, 4.69) is 32.6 Å². The van der Waals surface area contributed by atoms with Crippen molar-refractivity contribution in [2.24, 2.45) is 5.41 Å². The molecule has 0 fully saturated rings. The van der Waals surface area contributed by atoms with E-state index in [1.165, 1.54) is 0 Å². The molecule has 1 aliphatic carbocycles. The van der Waals surface area contributed by atoms with Gasteiger partial charge >= 0.3 is 18.9 Å². The van der Waals surface area contributed by atoms with Gasteiger partial charge in [0.05, 0.1) is 7.11 Å². The van der Waals surface area contributed by atoms with Gasteiger partial charge in [0.2, 0.25) is 0 Å². The first-order chi connectivity index (χ1) is 9.00. The Morgan fingerprint density at radius 3 is 2.25 bits per heavy atom. The normalized spacial score (nSPS) is 14.5. The summed E-state index contributed by atoms with van der Waals surface area (Å²) in [7, 11) is 1.67. The summed E-state index contributed by atoms with van der Waals surface area (Å²) >= 11 is 0. The number of allylic oxidation sites excluding steroid dienone is 1. The number of hydrogen-bond acceptors (Lipinski definition) is 1. The molecule has 2 nitrogen and oxygen atoms in total. The Bertz CT molecular complexity index is 531. The van der Waals surface area contributed by atoms with Gasteiger partial charge in [-0.2, -0.15) is 0 Å². The van der Waals surface area contributed by atoms with E-state index in [0.29, 0.717) is 0 Å². The predicted molar refractivity (Wildman–Crippen MR) is 80.0 cm³/mol. The van der Waals surface area contributed by atoms with Gasteiger partial charge in [0, 0.05) is 0 Å². The molecule has 0 N–H and O–H groups in total. The van der Waals surface area contributed by atoms with Crippen molar-refractivity contribution in [2.75, 3.05) is 7.11 Å². The molecule has 1 aromatic rings. The summed E-state index contributed by atoms with van der Waals surface area (Å²) < 4.78 is 5.17. The summed E-state index contributed by atoms with van der Waals surface area (Å²) in [6.45, 7) is 6.60. The smallest absolute Gasteiger partial charge is 0.677 e. The van der Waals surface area contributed by atoms with Gasteiger partial charge in [0.1, 0.15) is 5.75 Å². The molecule has 2 rings (SSSR count). The third kappa shape index (κ3) is 4.08. The zero-order chi connectivity index (χ0) is 13.9. The molecular weight excluding hydrogens is 241 g/mol. The Hall–Kier alpha value is -1.32. The fraction of sp³-hybridized carbons (Fsp3) is 0.353. The summed E-state index contributed by atoms with van der Waals surface area (Å²) in [6, 6.07) is 7.96. The summed E-state index contributed by atoms with van der Waals surface area (Å²) in [5.41, 5.74) is 5.44. The number of hydrogen-bond donors (Lipinski definition) is 0. The second-order valence-electron chi connectivity index (χ2n) is 5.72.